The van der Waals surface area contributed by atoms with Gasteiger partial charge in [0.05, 0.1) is 12.0 Å². The number of amides is 2. The summed E-state index contributed by atoms with van der Waals surface area (Å²) in [7, 11) is 1.54. The third-order valence-corrected chi connectivity index (χ3v) is 3.24. The zero-order valence-electron chi connectivity index (χ0n) is 9.30. The van der Waals surface area contributed by atoms with Crippen LogP contribution < -0.4 is 16.4 Å². The van der Waals surface area contributed by atoms with Crippen LogP contribution in [0.15, 0.2) is 0 Å². The molecule has 0 aromatic heterocycles. The van der Waals surface area contributed by atoms with Gasteiger partial charge in [-0.3, -0.25) is 9.59 Å². The van der Waals surface area contributed by atoms with Crippen molar-refractivity contribution >= 4 is 11.8 Å². The second-order valence-electron chi connectivity index (χ2n) is 4.27. The highest BCUT2D eigenvalue weighted by Gasteiger charge is 2.42. The van der Waals surface area contributed by atoms with E-state index < -0.39 is 5.41 Å². The number of rotatable bonds is 3. The van der Waals surface area contributed by atoms with E-state index in [0.717, 1.165) is 19.3 Å². The van der Waals surface area contributed by atoms with Gasteiger partial charge in [-0.2, -0.15) is 0 Å². The second-order valence-corrected chi connectivity index (χ2v) is 4.27. The van der Waals surface area contributed by atoms with E-state index in [0.29, 0.717) is 0 Å². The van der Waals surface area contributed by atoms with Gasteiger partial charge >= 0.3 is 0 Å². The molecule has 86 valence electrons. The number of nitrogens with two attached hydrogens (primary N) is 1. The van der Waals surface area contributed by atoms with E-state index in [1.807, 2.05) is 6.92 Å². The molecule has 1 rings (SSSR count). The van der Waals surface area contributed by atoms with Crippen LogP contribution in [0.2, 0.25) is 0 Å². The molecule has 1 fully saturated rings. The largest absolute Gasteiger partial charge is 0.358 e. The Morgan fingerprint density at radius 1 is 1.53 bits per heavy atom. The van der Waals surface area contributed by atoms with Crippen LogP contribution in [0.3, 0.4) is 0 Å². The number of hydrogen-bond acceptors (Lipinski definition) is 3. The van der Waals surface area contributed by atoms with Gasteiger partial charge in [0.2, 0.25) is 11.8 Å². The summed E-state index contributed by atoms with van der Waals surface area (Å²) in [6.45, 7) is 1.89. The molecule has 5 nitrogen and oxygen atoms in total. The number of carbonyl (C=O) groups is 2. The summed E-state index contributed by atoms with van der Waals surface area (Å²) < 4.78 is 0. The fraction of sp³-hybridized carbons (Fsp3) is 0.800. The highest BCUT2D eigenvalue weighted by atomic mass is 16.2. The van der Waals surface area contributed by atoms with Crippen LogP contribution in [0.4, 0.5) is 0 Å². The highest BCUT2D eigenvalue weighted by Crippen LogP contribution is 2.36. The van der Waals surface area contributed by atoms with Gasteiger partial charge in [0.15, 0.2) is 0 Å². The summed E-state index contributed by atoms with van der Waals surface area (Å²) in [6, 6.07) is -0.0952. The van der Waals surface area contributed by atoms with Crippen LogP contribution in [0.5, 0.6) is 0 Å². The van der Waals surface area contributed by atoms with Gasteiger partial charge < -0.3 is 16.4 Å². The minimum absolute atomic E-state index is 0.0254. The van der Waals surface area contributed by atoms with Crippen molar-refractivity contribution in [1.29, 1.82) is 0 Å². The lowest BCUT2D eigenvalue weighted by atomic mass is 9.84. The van der Waals surface area contributed by atoms with Gasteiger partial charge in [-0.05, 0) is 19.8 Å². The average molecular weight is 213 g/mol. The van der Waals surface area contributed by atoms with Gasteiger partial charge in [0.25, 0.3) is 0 Å². The average Bonchev–Trinajstić information content (AvgIpc) is 2.56. The number of carbonyl (C=O) groups excluding carboxylic acids is 2. The summed E-state index contributed by atoms with van der Waals surface area (Å²) in [5, 5.41) is 5.06. The van der Waals surface area contributed by atoms with Gasteiger partial charge in [-0.15, -0.1) is 0 Å². The lowest BCUT2D eigenvalue weighted by molar-refractivity contribution is -0.132. The Morgan fingerprint density at radius 2 is 2.20 bits per heavy atom. The monoisotopic (exact) mass is 213 g/mol. The minimum Gasteiger partial charge on any atom is -0.358 e. The maximum Gasteiger partial charge on any atom is 0.239 e. The first-order valence-corrected chi connectivity index (χ1v) is 5.25. The summed E-state index contributed by atoms with van der Waals surface area (Å²) in [5.41, 5.74) is 5.39. The molecule has 2 atom stereocenters. The molecule has 0 aliphatic heterocycles. The first-order valence-electron chi connectivity index (χ1n) is 5.25. The third kappa shape index (κ3) is 2.47. The SMILES string of the molecule is CNC(=O)CNC(=O)C1(C)CCCC1N. The van der Waals surface area contributed by atoms with Gasteiger partial charge in [0.1, 0.15) is 0 Å². The topological polar surface area (TPSA) is 84.2 Å². The van der Waals surface area contributed by atoms with E-state index in [9.17, 15) is 9.59 Å². The molecular formula is C10H19N3O2. The zero-order valence-corrected chi connectivity index (χ0v) is 9.30. The van der Waals surface area contributed by atoms with E-state index in [-0.39, 0.29) is 24.4 Å². The van der Waals surface area contributed by atoms with Crippen molar-refractivity contribution in [2.45, 2.75) is 32.2 Å². The van der Waals surface area contributed by atoms with Crippen LogP contribution in [-0.4, -0.2) is 31.4 Å². The Balaban J connectivity index is 2.49. The molecule has 0 aromatic rings. The lowest BCUT2D eigenvalue weighted by Gasteiger charge is -2.27. The van der Waals surface area contributed by atoms with Crippen LogP contribution in [0.1, 0.15) is 26.2 Å². The Hall–Kier alpha value is -1.10. The Morgan fingerprint density at radius 3 is 2.67 bits per heavy atom. The number of nitrogens with one attached hydrogen (secondary N) is 2. The summed E-state index contributed by atoms with van der Waals surface area (Å²) in [4.78, 5) is 22.8. The molecule has 0 radical (unpaired) electrons. The van der Waals surface area contributed by atoms with Crippen molar-refractivity contribution in [1.82, 2.24) is 10.6 Å². The van der Waals surface area contributed by atoms with Crippen molar-refractivity contribution in [3.63, 3.8) is 0 Å². The zero-order chi connectivity index (χ0) is 11.5. The Labute approximate surface area is 89.8 Å². The van der Waals surface area contributed by atoms with Crippen LogP contribution in [-0.2, 0) is 9.59 Å². The number of hydrogen-bond donors (Lipinski definition) is 3. The van der Waals surface area contributed by atoms with Gasteiger partial charge in [-0.25, -0.2) is 0 Å². The van der Waals surface area contributed by atoms with Gasteiger partial charge in [0, 0.05) is 13.1 Å². The van der Waals surface area contributed by atoms with E-state index in [2.05, 4.69) is 10.6 Å². The van der Waals surface area contributed by atoms with Crippen LogP contribution in [0.25, 0.3) is 0 Å². The molecule has 1 aliphatic rings. The molecule has 15 heavy (non-hydrogen) atoms. The van der Waals surface area contributed by atoms with Crippen molar-refractivity contribution in [2.75, 3.05) is 13.6 Å². The normalized spacial score (nSPS) is 29.9. The molecule has 0 spiro atoms. The predicted octanol–water partition coefficient (Wildman–Crippen LogP) is -0.634. The molecule has 5 heteroatoms. The quantitative estimate of drug-likeness (QED) is 0.583. The maximum absolute atomic E-state index is 11.8. The summed E-state index contributed by atoms with van der Waals surface area (Å²) in [6.07, 6.45) is 2.66. The molecule has 0 aromatic carbocycles. The number of likely N-dealkylation sites (N-methyl/N-ethyl adjacent to an activating group) is 1. The summed E-state index contributed by atoms with van der Waals surface area (Å²) >= 11 is 0. The molecule has 0 bridgehead atoms. The molecule has 4 N–H and O–H groups in total. The Bertz CT molecular complexity index is 267. The predicted molar refractivity (Wildman–Crippen MR) is 57.0 cm³/mol. The summed E-state index contributed by atoms with van der Waals surface area (Å²) in [5.74, 6) is -0.311. The minimum atomic E-state index is -0.506. The van der Waals surface area contributed by atoms with E-state index in [1.54, 1.807) is 0 Å². The van der Waals surface area contributed by atoms with Crippen molar-refractivity contribution in [3.8, 4) is 0 Å². The second kappa shape index (κ2) is 4.61. The molecule has 2 unspecified atom stereocenters. The lowest BCUT2D eigenvalue weighted by Crippen LogP contribution is -2.49. The van der Waals surface area contributed by atoms with Gasteiger partial charge in [-0.1, -0.05) is 6.42 Å². The first kappa shape index (κ1) is 12.0. The van der Waals surface area contributed by atoms with Crippen molar-refractivity contribution in [2.24, 2.45) is 11.1 Å². The molecule has 0 saturated heterocycles. The highest BCUT2D eigenvalue weighted by molar-refractivity contribution is 5.88. The molecule has 2 amide bonds. The standard InChI is InChI=1S/C10H19N3O2/c1-10(5-3-4-7(10)11)9(15)13-6-8(14)12-2/h7H,3-6,11H2,1-2H3,(H,12,14)(H,13,15). The first-order chi connectivity index (χ1) is 7.00. The fourth-order valence-corrected chi connectivity index (χ4v) is 1.93. The van der Waals surface area contributed by atoms with Crippen LogP contribution >= 0.6 is 0 Å². The van der Waals surface area contributed by atoms with E-state index in [1.165, 1.54) is 7.05 Å². The molecule has 1 aliphatic carbocycles. The van der Waals surface area contributed by atoms with E-state index >= 15 is 0 Å². The van der Waals surface area contributed by atoms with Crippen LogP contribution in [0, 0.1) is 5.41 Å². The molecular weight excluding hydrogens is 194 g/mol. The third-order valence-electron chi connectivity index (χ3n) is 3.24. The fourth-order valence-electron chi connectivity index (χ4n) is 1.93. The van der Waals surface area contributed by atoms with E-state index in [4.69, 9.17) is 5.73 Å². The molecule has 1 saturated carbocycles. The molecule has 0 heterocycles. The maximum atomic E-state index is 11.8. The van der Waals surface area contributed by atoms with Crippen molar-refractivity contribution in [3.05, 3.63) is 0 Å². The van der Waals surface area contributed by atoms with Crippen molar-refractivity contribution < 1.29 is 9.59 Å². The smallest absolute Gasteiger partial charge is 0.239 e. The Kier molecular flexibility index (Phi) is 3.68.